The zero-order valence-electron chi connectivity index (χ0n) is 27.7. The zero-order valence-corrected chi connectivity index (χ0v) is 28.5. The Bertz CT molecular complexity index is 2920. The molecular weight excluding hydrogens is 643 g/mol. The summed E-state index contributed by atoms with van der Waals surface area (Å²) in [7, 11) is 0. The van der Waals surface area contributed by atoms with E-state index in [4.69, 9.17) is 19.4 Å². The van der Waals surface area contributed by atoms with Crippen LogP contribution in [0.15, 0.2) is 162 Å². The number of benzene rings is 7. The van der Waals surface area contributed by atoms with Crippen LogP contribution >= 0.6 is 11.3 Å². The molecule has 51 heavy (non-hydrogen) atoms. The molecule has 240 valence electrons. The highest BCUT2D eigenvalue weighted by Gasteiger charge is 2.17. The van der Waals surface area contributed by atoms with Crippen molar-refractivity contribution in [3.63, 3.8) is 0 Å². The van der Waals surface area contributed by atoms with Crippen molar-refractivity contribution in [2.24, 2.45) is 0 Å². The normalized spacial score (nSPS) is 11.6. The minimum Gasteiger partial charge on any atom is -0.456 e. The fraction of sp³-hybridized carbons (Fsp3) is 0.0217. The van der Waals surface area contributed by atoms with Gasteiger partial charge < -0.3 is 4.42 Å². The Kier molecular flexibility index (Phi) is 6.86. The van der Waals surface area contributed by atoms with Gasteiger partial charge in [0.15, 0.2) is 17.5 Å². The highest BCUT2D eigenvalue weighted by Crippen LogP contribution is 2.41. The van der Waals surface area contributed by atoms with E-state index in [1.54, 1.807) is 0 Å². The average Bonchev–Trinajstić information content (AvgIpc) is 3.76. The molecule has 10 rings (SSSR count). The van der Waals surface area contributed by atoms with Crippen LogP contribution in [0.4, 0.5) is 0 Å². The summed E-state index contributed by atoms with van der Waals surface area (Å²) in [6.45, 7) is 2.10. The number of hydrogen-bond donors (Lipinski definition) is 0. The number of aromatic nitrogens is 3. The minimum atomic E-state index is 0.596. The van der Waals surface area contributed by atoms with Crippen molar-refractivity contribution in [3.8, 4) is 56.4 Å². The maximum absolute atomic E-state index is 6.48. The first-order valence-electron chi connectivity index (χ1n) is 17.0. The Morgan fingerprint density at radius 1 is 0.412 bits per heavy atom. The van der Waals surface area contributed by atoms with Crippen LogP contribution in [-0.4, -0.2) is 15.0 Å². The van der Waals surface area contributed by atoms with Crippen molar-refractivity contribution in [1.82, 2.24) is 15.0 Å². The molecule has 0 radical (unpaired) electrons. The number of furan rings is 1. The van der Waals surface area contributed by atoms with Crippen molar-refractivity contribution in [1.29, 1.82) is 0 Å². The van der Waals surface area contributed by atoms with Crippen LogP contribution in [0.1, 0.15) is 5.56 Å². The van der Waals surface area contributed by atoms with E-state index in [-0.39, 0.29) is 0 Å². The summed E-state index contributed by atoms with van der Waals surface area (Å²) in [5, 5.41) is 4.71. The van der Waals surface area contributed by atoms with Crippen molar-refractivity contribution >= 4 is 53.4 Å². The largest absolute Gasteiger partial charge is 0.456 e. The zero-order chi connectivity index (χ0) is 33.9. The number of fused-ring (bicyclic) bond motifs is 6. The smallest absolute Gasteiger partial charge is 0.164 e. The lowest BCUT2D eigenvalue weighted by Crippen LogP contribution is -2.00. The Hall–Kier alpha value is -6.43. The minimum absolute atomic E-state index is 0.596. The lowest BCUT2D eigenvalue weighted by atomic mass is 10.0. The van der Waals surface area contributed by atoms with E-state index < -0.39 is 0 Å². The quantitative estimate of drug-likeness (QED) is 0.183. The molecule has 0 saturated heterocycles. The molecule has 10 aromatic rings. The van der Waals surface area contributed by atoms with Crippen LogP contribution in [0.25, 0.3) is 98.5 Å². The Morgan fingerprint density at radius 3 is 1.76 bits per heavy atom. The van der Waals surface area contributed by atoms with E-state index in [1.807, 2.05) is 47.7 Å². The Labute approximate surface area is 298 Å². The molecule has 4 nitrogen and oxygen atoms in total. The predicted molar refractivity (Wildman–Crippen MR) is 212 cm³/mol. The third-order valence-electron chi connectivity index (χ3n) is 9.62. The topological polar surface area (TPSA) is 51.8 Å². The molecule has 0 atom stereocenters. The van der Waals surface area contributed by atoms with Gasteiger partial charge in [0.25, 0.3) is 0 Å². The predicted octanol–water partition coefficient (Wildman–Crippen LogP) is 12.8. The van der Waals surface area contributed by atoms with Crippen molar-refractivity contribution in [2.45, 2.75) is 6.92 Å². The molecule has 0 unspecified atom stereocenters. The lowest BCUT2D eigenvalue weighted by molar-refractivity contribution is 0.669. The first-order chi connectivity index (χ1) is 25.1. The van der Waals surface area contributed by atoms with Crippen LogP contribution < -0.4 is 0 Å². The van der Waals surface area contributed by atoms with Crippen molar-refractivity contribution in [2.75, 3.05) is 0 Å². The van der Waals surface area contributed by atoms with Gasteiger partial charge in [0.05, 0.1) is 0 Å². The molecule has 3 aromatic heterocycles. The van der Waals surface area contributed by atoms with Gasteiger partial charge in [-0.25, -0.2) is 15.0 Å². The summed E-state index contributed by atoms with van der Waals surface area (Å²) in [5.74, 6) is 1.84. The van der Waals surface area contributed by atoms with Gasteiger partial charge in [-0.15, -0.1) is 11.3 Å². The fourth-order valence-electron chi connectivity index (χ4n) is 6.99. The second kappa shape index (κ2) is 11.9. The van der Waals surface area contributed by atoms with Gasteiger partial charge in [0.2, 0.25) is 0 Å². The molecule has 3 heterocycles. The lowest BCUT2D eigenvalue weighted by Gasteiger charge is -2.10. The van der Waals surface area contributed by atoms with E-state index in [9.17, 15) is 0 Å². The third-order valence-corrected chi connectivity index (χ3v) is 10.8. The summed E-state index contributed by atoms with van der Waals surface area (Å²) < 4.78 is 9.05. The Balaban J connectivity index is 1.09. The van der Waals surface area contributed by atoms with Crippen LogP contribution in [0.5, 0.6) is 0 Å². The van der Waals surface area contributed by atoms with E-state index >= 15 is 0 Å². The first-order valence-corrected chi connectivity index (χ1v) is 17.8. The number of rotatable bonds is 5. The summed E-state index contributed by atoms with van der Waals surface area (Å²) >= 11 is 1.84. The van der Waals surface area contributed by atoms with Crippen LogP contribution in [-0.2, 0) is 0 Å². The van der Waals surface area contributed by atoms with Gasteiger partial charge in [0.1, 0.15) is 11.2 Å². The molecule has 7 aromatic carbocycles. The molecule has 0 N–H and O–H groups in total. The molecule has 0 bridgehead atoms. The summed E-state index contributed by atoms with van der Waals surface area (Å²) in [5.41, 5.74) is 10.2. The van der Waals surface area contributed by atoms with E-state index in [1.165, 1.54) is 36.9 Å². The second-order valence-corrected chi connectivity index (χ2v) is 14.0. The number of nitrogens with zero attached hydrogens (tertiary/aromatic N) is 3. The number of thiophene rings is 1. The van der Waals surface area contributed by atoms with E-state index in [0.717, 1.165) is 49.8 Å². The Morgan fingerprint density at radius 2 is 0.980 bits per heavy atom. The van der Waals surface area contributed by atoms with Crippen LogP contribution in [0.3, 0.4) is 0 Å². The molecule has 0 spiro atoms. The number of hydrogen-bond acceptors (Lipinski definition) is 5. The average molecular weight is 672 g/mol. The van der Waals surface area contributed by atoms with Gasteiger partial charge in [0, 0.05) is 47.6 Å². The molecule has 0 aliphatic carbocycles. The third kappa shape index (κ3) is 5.18. The monoisotopic (exact) mass is 671 g/mol. The maximum Gasteiger partial charge on any atom is 0.164 e. The van der Waals surface area contributed by atoms with E-state index in [0.29, 0.717) is 17.5 Å². The molecule has 0 amide bonds. The molecular formula is C46H29N3OS. The molecule has 0 saturated carbocycles. The van der Waals surface area contributed by atoms with Gasteiger partial charge in [-0.3, -0.25) is 0 Å². The van der Waals surface area contributed by atoms with E-state index in [2.05, 4.69) is 128 Å². The summed E-state index contributed by atoms with van der Waals surface area (Å²) in [4.78, 5) is 15.1. The molecule has 0 fully saturated rings. The summed E-state index contributed by atoms with van der Waals surface area (Å²) in [6.07, 6.45) is 0. The van der Waals surface area contributed by atoms with Gasteiger partial charge >= 0.3 is 0 Å². The number of aryl methyl sites for hydroxylation is 1. The highest BCUT2D eigenvalue weighted by molar-refractivity contribution is 7.26. The van der Waals surface area contributed by atoms with Crippen molar-refractivity contribution in [3.05, 3.63) is 163 Å². The highest BCUT2D eigenvalue weighted by atomic mass is 32.1. The SMILES string of the molecule is Cc1ccc(-c2ccc3c(c2)oc2cc(-c4nc(-c5ccccc5)nc(-c5cccc(-c6cccc7c6sc6ccccc67)c5)n4)ccc23)cc1. The second-order valence-electron chi connectivity index (χ2n) is 12.9. The van der Waals surface area contributed by atoms with Gasteiger partial charge in [-0.1, -0.05) is 127 Å². The van der Waals surface area contributed by atoms with Gasteiger partial charge in [-0.05, 0) is 65.6 Å². The molecule has 0 aliphatic rings. The first kappa shape index (κ1) is 29.5. The van der Waals surface area contributed by atoms with Crippen LogP contribution in [0, 0.1) is 6.92 Å². The summed E-state index contributed by atoms with van der Waals surface area (Å²) in [6, 6.07) is 55.1. The standard InChI is InChI=1S/C46H29N3OS/c1-28-17-19-29(20-18-28)31-21-23-36-37-24-22-34(27-41(37)50-40(36)26-31)46-48-44(30-9-3-2-4-10-30)47-45(49-46)33-12-7-11-32(25-33)35-14-8-15-39-38-13-5-6-16-42(38)51-43(35)39/h2-27H,1H3. The molecule has 0 aliphatic heterocycles. The fourth-order valence-corrected chi connectivity index (χ4v) is 8.23. The molecule has 5 heteroatoms. The maximum atomic E-state index is 6.48. The van der Waals surface area contributed by atoms with Gasteiger partial charge in [-0.2, -0.15) is 0 Å². The van der Waals surface area contributed by atoms with Crippen LogP contribution in [0.2, 0.25) is 0 Å². The van der Waals surface area contributed by atoms with Crippen molar-refractivity contribution < 1.29 is 4.42 Å².